The third-order valence-electron chi connectivity index (χ3n) is 4.30. The maximum Gasteiger partial charge on any atom is 0.161 e. The van der Waals surface area contributed by atoms with Crippen molar-refractivity contribution < 1.29 is 5.11 Å². The lowest BCUT2D eigenvalue weighted by atomic mass is 9.97. The minimum absolute atomic E-state index is 0.105. The van der Waals surface area contributed by atoms with Gasteiger partial charge in [-0.05, 0) is 44.2 Å². The lowest BCUT2D eigenvalue weighted by Gasteiger charge is -2.29. The standard InChI is InChI=1S/C17H22N4O/c1-3-14-10-15(21-17(2,11-22)13-4-5-13)20-16(19-14)12-6-8-18-9-7-12/h6-10,13,22H,3-5,11H2,1-2H3,(H,19,20,21). The normalized spacial score (nSPS) is 17.0. The van der Waals surface area contributed by atoms with Crippen LogP contribution in [0, 0.1) is 5.92 Å². The van der Waals surface area contributed by atoms with E-state index in [-0.39, 0.29) is 12.1 Å². The van der Waals surface area contributed by atoms with Crippen LogP contribution in [-0.2, 0) is 6.42 Å². The van der Waals surface area contributed by atoms with Crippen LogP contribution < -0.4 is 5.32 Å². The van der Waals surface area contributed by atoms with Crippen molar-refractivity contribution in [2.45, 2.75) is 38.6 Å². The van der Waals surface area contributed by atoms with E-state index in [2.05, 4.69) is 34.1 Å². The van der Waals surface area contributed by atoms with Gasteiger partial charge < -0.3 is 10.4 Å². The number of aliphatic hydroxyl groups is 1. The summed E-state index contributed by atoms with van der Waals surface area (Å²) in [5.41, 5.74) is 1.63. The van der Waals surface area contributed by atoms with E-state index < -0.39 is 0 Å². The average molecular weight is 298 g/mol. The number of nitrogens with zero attached hydrogens (tertiary/aromatic N) is 3. The fourth-order valence-electron chi connectivity index (χ4n) is 2.66. The van der Waals surface area contributed by atoms with Crippen molar-refractivity contribution in [3.63, 3.8) is 0 Å². The Hall–Kier alpha value is -2.01. The topological polar surface area (TPSA) is 70.9 Å². The number of rotatable bonds is 6. The Bertz CT molecular complexity index is 642. The molecule has 2 heterocycles. The number of aromatic nitrogens is 3. The highest BCUT2D eigenvalue weighted by Gasteiger charge is 2.41. The Morgan fingerprint density at radius 2 is 2.00 bits per heavy atom. The number of hydrogen-bond acceptors (Lipinski definition) is 5. The molecule has 0 radical (unpaired) electrons. The third kappa shape index (κ3) is 3.09. The Labute approximate surface area is 130 Å². The molecule has 0 bridgehead atoms. The summed E-state index contributed by atoms with van der Waals surface area (Å²) in [5, 5.41) is 13.2. The van der Waals surface area contributed by atoms with Gasteiger partial charge in [0.1, 0.15) is 5.82 Å². The molecule has 1 fully saturated rings. The highest BCUT2D eigenvalue weighted by atomic mass is 16.3. The van der Waals surface area contributed by atoms with Gasteiger partial charge in [-0.3, -0.25) is 4.98 Å². The van der Waals surface area contributed by atoms with Gasteiger partial charge in [0, 0.05) is 29.7 Å². The van der Waals surface area contributed by atoms with Gasteiger partial charge in [-0.1, -0.05) is 6.92 Å². The lowest BCUT2D eigenvalue weighted by molar-refractivity contribution is 0.205. The van der Waals surface area contributed by atoms with Crippen molar-refractivity contribution in [2.24, 2.45) is 5.92 Å². The molecule has 1 saturated carbocycles. The van der Waals surface area contributed by atoms with Gasteiger partial charge in [0.15, 0.2) is 5.82 Å². The van der Waals surface area contributed by atoms with E-state index in [0.717, 1.165) is 36.3 Å². The van der Waals surface area contributed by atoms with Crippen LogP contribution in [0.15, 0.2) is 30.6 Å². The molecular formula is C17H22N4O. The monoisotopic (exact) mass is 298 g/mol. The number of pyridine rings is 1. The van der Waals surface area contributed by atoms with Gasteiger partial charge in [0.2, 0.25) is 0 Å². The first-order chi connectivity index (χ1) is 10.6. The zero-order valence-corrected chi connectivity index (χ0v) is 13.1. The Balaban J connectivity index is 1.94. The first kappa shape index (κ1) is 14.9. The summed E-state index contributed by atoms with van der Waals surface area (Å²) in [5.74, 6) is 1.99. The quantitative estimate of drug-likeness (QED) is 0.858. The Morgan fingerprint density at radius 3 is 2.59 bits per heavy atom. The van der Waals surface area contributed by atoms with Crippen LogP contribution in [0.3, 0.4) is 0 Å². The van der Waals surface area contributed by atoms with Crippen molar-refractivity contribution in [2.75, 3.05) is 11.9 Å². The summed E-state index contributed by atoms with van der Waals surface area (Å²) in [6.45, 7) is 4.24. The summed E-state index contributed by atoms with van der Waals surface area (Å²) in [4.78, 5) is 13.3. The Morgan fingerprint density at radius 1 is 1.27 bits per heavy atom. The second kappa shape index (κ2) is 6.01. The summed E-state index contributed by atoms with van der Waals surface area (Å²) >= 11 is 0. The van der Waals surface area contributed by atoms with Crippen LogP contribution in [-0.4, -0.2) is 32.2 Å². The van der Waals surface area contributed by atoms with Crippen LogP contribution in [0.1, 0.15) is 32.4 Å². The summed E-state index contributed by atoms with van der Waals surface area (Å²) < 4.78 is 0. The highest BCUT2D eigenvalue weighted by Crippen LogP contribution is 2.41. The molecule has 0 amide bonds. The molecule has 1 atom stereocenters. The molecule has 2 aromatic heterocycles. The van der Waals surface area contributed by atoms with Crippen molar-refractivity contribution in [1.82, 2.24) is 15.0 Å². The zero-order valence-electron chi connectivity index (χ0n) is 13.1. The van der Waals surface area contributed by atoms with Gasteiger partial charge in [0.05, 0.1) is 12.1 Å². The maximum absolute atomic E-state index is 9.76. The minimum Gasteiger partial charge on any atom is -0.394 e. The SMILES string of the molecule is CCc1cc(NC(C)(CO)C2CC2)nc(-c2ccncc2)n1. The van der Waals surface area contributed by atoms with Gasteiger partial charge in [-0.2, -0.15) is 0 Å². The molecule has 5 nitrogen and oxygen atoms in total. The van der Waals surface area contributed by atoms with Gasteiger partial charge in [-0.25, -0.2) is 9.97 Å². The molecule has 1 aliphatic rings. The second-order valence-electron chi connectivity index (χ2n) is 6.13. The van der Waals surface area contributed by atoms with Gasteiger partial charge in [0.25, 0.3) is 0 Å². The fourth-order valence-corrected chi connectivity index (χ4v) is 2.66. The van der Waals surface area contributed by atoms with Crippen LogP contribution >= 0.6 is 0 Å². The van der Waals surface area contributed by atoms with Gasteiger partial charge >= 0.3 is 0 Å². The lowest BCUT2D eigenvalue weighted by Crippen LogP contribution is -2.41. The van der Waals surface area contributed by atoms with E-state index in [1.807, 2.05) is 18.2 Å². The van der Waals surface area contributed by atoms with E-state index in [4.69, 9.17) is 0 Å². The molecule has 2 aromatic rings. The van der Waals surface area contributed by atoms with Crippen molar-refractivity contribution in [3.05, 3.63) is 36.3 Å². The molecule has 0 aromatic carbocycles. The average Bonchev–Trinajstić information content (AvgIpc) is 3.40. The number of aryl methyl sites for hydroxylation is 1. The minimum atomic E-state index is -0.311. The van der Waals surface area contributed by atoms with E-state index in [1.165, 1.54) is 0 Å². The number of aliphatic hydroxyl groups excluding tert-OH is 1. The largest absolute Gasteiger partial charge is 0.394 e. The summed E-state index contributed by atoms with van der Waals surface area (Å²) in [6, 6.07) is 5.79. The van der Waals surface area contributed by atoms with E-state index in [0.29, 0.717) is 11.7 Å². The van der Waals surface area contributed by atoms with Crippen LogP contribution in [0.5, 0.6) is 0 Å². The van der Waals surface area contributed by atoms with Crippen LogP contribution in [0.25, 0.3) is 11.4 Å². The molecule has 2 N–H and O–H groups in total. The smallest absolute Gasteiger partial charge is 0.161 e. The molecule has 1 unspecified atom stereocenters. The zero-order chi connectivity index (χ0) is 15.6. The molecule has 5 heteroatoms. The predicted molar refractivity (Wildman–Crippen MR) is 86.5 cm³/mol. The van der Waals surface area contributed by atoms with Crippen molar-refractivity contribution in [3.8, 4) is 11.4 Å². The van der Waals surface area contributed by atoms with Crippen molar-refractivity contribution >= 4 is 5.82 Å². The van der Waals surface area contributed by atoms with Gasteiger partial charge in [-0.15, -0.1) is 0 Å². The molecule has 116 valence electrons. The molecule has 3 rings (SSSR count). The van der Waals surface area contributed by atoms with E-state index in [9.17, 15) is 5.11 Å². The summed E-state index contributed by atoms with van der Waals surface area (Å²) in [6.07, 6.45) is 6.65. The van der Waals surface area contributed by atoms with Crippen LogP contribution in [0.2, 0.25) is 0 Å². The molecule has 0 saturated heterocycles. The Kier molecular flexibility index (Phi) is 4.07. The highest BCUT2D eigenvalue weighted by molar-refractivity contribution is 5.57. The molecule has 1 aliphatic carbocycles. The fraction of sp³-hybridized carbons (Fsp3) is 0.471. The number of hydrogen-bond donors (Lipinski definition) is 2. The molecule has 0 aliphatic heterocycles. The molecule has 22 heavy (non-hydrogen) atoms. The second-order valence-corrected chi connectivity index (χ2v) is 6.13. The maximum atomic E-state index is 9.76. The molecular weight excluding hydrogens is 276 g/mol. The predicted octanol–water partition coefficient (Wildman–Crippen LogP) is 2.67. The first-order valence-electron chi connectivity index (χ1n) is 7.82. The molecule has 0 spiro atoms. The van der Waals surface area contributed by atoms with E-state index in [1.54, 1.807) is 12.4 Å². The number of anilines is 1. The van der Waals surface area contributed by atoms with E-state index >= 15 is 0 Å². The summed E-state index contributed by atoms with van der Waals surface area (Å²) in [7, 11) is 0. The number of nitrogens with one attached hydrogen (secondary N) is 1. The van der Waals surface area contributed by atoms with Crippen molar-refractivity contribution in [1.29, 1.82) is 0 Å². The van der Waals surface area contributed by atoms with Crippen LogP contribution in [0.4, 0.5) is 5.82 Å². The third-order valence-corrected chi connectivity index (χ3v) is 4.30. The first-order valence-corrected chi connectivity index (χ1v) is 7.82.